The van der Waals surface area contributed by atoms with Gasteiger partial charge in [-0.3, -0.25) is 9.88 Å². The average molecular weight is 276 g/mol. The number of hydrogen-bond donors (Lipinski definition) is 1. The Kier molecular flexibility index (Phi) is 3.69. The molecule has 3 rings (SSSR count). The molecule has 0 aliphatic carbocycles. The van der Waals surface area contributed by atoms with Gasteiger partial charge >= 0.3 is 0 Å². The van der Waals surface area contributed by atoms with Gasteiger partial charge in [0.25, 0.3) is 0 Å². The summed E-state index contributed by atoms with van der Waals surface area (Å²) in [6, 6.07) is 8.59. The molecular weight excluding hydrogens is 258 g/mol. The van der Waals surface area contributed by atoms with Crippen LogP contribution in [0.15, 0.2) is 30.5 Å². The highest BCUT2D eigenvalue weighted by atomic mass is 35.5. The van der Waals surface area contributed by atoms with Crippen molar-refractivity contribution in [3.8, 4) is 0 Å². The fourth-order valence-corrected chi connectivity index (χ4v) is 2.99. The highest BCUT2D eigenvalue weighted by Gasteiger charge is 2.17. The van der Waals surface area contributed by atoms with E-state index in [0.717, 1.165) is 42.1 Å². The smallest absolute Gasteiger partial charge is 0.0747 e. The minimum Gasteiger partial charge on any atom is -0.312 e. The van der Waals surface area contributed by atoms with Gasteiger partial charge in [-0.2, -0.15) is 0 Å². The number of fused-ring (bicyclic) bond motifs is 1. The van der Waals surface area contributed by atoms with Crippen molar-refractivity contribution in [2.75, 3.05) is 19.6 Å². The molecule has 2 heterocycles. The van der Waals surface area contributed by atoms with Crippen molar-refractivity contribution in [1.29, 1.82) is 0 Å². The van der Waals surface area contributed by atoms with Gasteiger partial charge in [0.15, 0.2) is 0 Å². The standard InChI is InChI=1S/C15H18ClN3/c1-11-9-19(6-5-17-11)10-13-8-14(16)7-12-3-2-4-18-15(12)13/h2-4,7-8,11,17H,5-6,9-10H2,1H3/t11-/m0/s1. The number of halogens is 1. The van der Waals surface area contributed by atoms with E-state index in [2.05, 4.69) is 28.2 Å². The quantitative estimate of drug-likeness (QED) is 0.913. The van der Waals surface area contributed by atoms with E-state index in [1.165, 1.54) is 5.56 Å². The second kappa shape index (κ2) is 5.45. The first-order chi connectivity index (χ1) is 9.22. The van der Waals surface area contributed by atoms with E-state index in [0.29, 0.717) is 6.04 Å². The number of piperazine rings is 1. The first-order valence-corrected chi connectivity index (χ1v) is 7.09. The van der Waals surface area contributed by atoms with Crippen molar-refractivity contribution in [1.82, 2.24) is 15.2 Å². The first kappa shape index (κ1) is 12.9. The molecule has 1 aliphatic heterocycles. The van der Waals surface area contributed by atoms with E-state index in [1.54, 1.807) is 0 Å². The van der Waals surface area contributed by atoms with Gasteiger partial charge in [0, 0.05) is 48.8 Å². The van der Waals surface area contributed by atoms with Gasteiger partial charge in [0.1, 0.15) is 0 Å². The van der Waals surface area contributed by atoms with E-state index in [9.17, 15) is 0 Å². The number of rotatable bonds is 2. The molecule has 1 aromatic heterocycles. The Morgan fingerprint density at radius 2 is 2.37 bits per heavy atom. The van der Waals surface area contributed by atoms with Crippen LogP contribution >= 0.6 is 11.6 Å². The van der Waals surface area contributed by atoms with Crippen LogP contribution in [0.3, 0.4) is 0 Å². The molecule has 1 saturated heterocycles. The first-order valence-electron chi connectivity index (χ1n) is 6.71. The zero-order valence-electron chi connectivity index (χ0n) is 11.1. The molecule has 100 valence electrons. The molecular formula is C15H18ClN3. The Balaban J connectivity index is 1.91. The predicted octanol–water partition coefficient (Wildman–Crippen LogP) is 2.68. The van der Waals surface area contributed by atoms with Crippen molar-refractivity contribution >= 4 is 22.5 Å². The maximum absolute atomic E-state index is 6.21. The minimum absolute atomic E-state index is 0.548. The van der Waals surface area contributed by atoms with Crippen LogP contribution < -0.4 is 5.32 Å². The monoisotopic (exact) mass is 275 g/mol. The zero-order valence-corrected chi connectivity index (χ0v) is 11.8. The molecule has 0 radical (unpaired) electrons. The molecule has 1 aliphatic rings. The van der Waals surface area contributed by atoms with Gasteiger partial charge in [-0.05, 0) is 30.7 Å². The summed E-state index contributed by atoms with van der Waals surface area (Å²) in [6.07, 6.45) is 1.85. The molecule has 1 N–H and O–H groups in total. The summed E-state index contributed by atoms with van der Waals surface area (Å²) in [5, 5.41) is 5.37. The highest BCUT2D eigenvalue weighted by molar-refractivity contribution is 6.31. The van der Waals surface area contributed by atoms with Gasteiger partial charge in [0.05, 0.1) is 5.52 Å². The lowest BCUT2D eigenvalue weighted by Crippen LogP contribution is -2.48. The average Bonchev–Trinajstić information content (AvgIpc) is 2.38. The molecule has 0 saturated carbocycles. The van der Waals surface area contributed by atoms with Crippen LogP contribution in [0.1, 0.15) is 12.5 Å². The molecule has 0 bridgehead atoms. The Morgan fingerprint density at radius 3 is 3.21 bits per heavy atom. The van der Waals surface area contributed by atoms with Crippen LogP contribution in [0.2, 0.25) is 5.02 Å². The van der Waals surface area contributed by atoms with Crippen molar-refractivity contribution < 1.29 is 0 Å². The maximum Gasteiger partial charge on any atom is 0.0747 e. The van der Waals surface area contributed by atoms with Crippen LogP contribution in [0.5, 0.6) is 0 Å². The molecule has 1 atom stereocenters. The lowest BCUT2D eigenvalue weighted by molar-refractivity contribution is 0.200. The van der Waals surface area contributed by atoms with Crippen molar-refractivity contribution in [3.63, 3.8) is 0 Å². The maximum atomic E-state index is 6.21. The third kappa shape index (κ3) is 2.89. The minimum atomic E-state index is 0.548. The number of benzene rings is 1. The Labute approximate surface area is 118 Å². The molecule has 4 heteroatoms. The van der Waals surface area contributed by atoms with Gasteiger partial charge in [-0.1, -0.05) is 17.7 Å². The van der Waals surface area contributed by atoms with E-state index in [4.69, 9.17) is 11.6 Å². The molecule has 19 heavy (non-hydrogen) atoms. The van der Waals surface area contributed by atoms with Crippen molar-refractivity contribution in [2.24, 2.45) is 0 Å². The second-order valence-electron chi connectivity index (χ2n) is 5.23. The summed E-state index contributed by atoms with van der Waals surface area (Å²) in [5.74, 6) is 0. The van der Waals surface area contributed by atoms with Gasteiger partial charge in [0.2, 0.25) is 0 Å². The van der Waals surface area contributed by atoms with Gasteiger partial charge < -0.3 is 5.32 Å². The molecule has 3 nitrogen and oxygen atoms in total. The number of nitrogens with one attached hydrogen (secondary N) is 1. The Hall–Kier alpha value is -1.16. The third-order valence-corrected chi connectivity index (χ3v) is 3.81. The largest absolute Gasteiger partial charge is 0.312 e. The normalized spacial score (nSPS) is 20.8. The fourth-order valence-electron chi connectivity index (χ4n) is 2.74. The van der Waals surface area contributed by atoms with E-state index in [-0.39, 0.29) is 0 Å². The Morgan fingerprint density at radius 1 is 1.47 bits per heavy atom. The van der Waals surface area contributed by atoms with Crippen LogP contribution in [0, 0.1) is 0 Å². The molecule has 1 aromatic carbocycles. The molecule has 1 fully saturated rings. The lowest BCUT2D eigenvalue weighted by atomic mass is 10.1. The predicted molar refractivity (Wildman–Crippen MR) is 79.5 cm³/mol. The number of hydrogen-bond acceptors (Lipinski definition) is 3. The summed E-state index contributed by atoms with van der Waals surface area (Å²) in [6.45, 7) is 6.33. The van der Waals surface area contributed by atoms with Gasteiger partial charge in [-0.15, -0.1) is 0 Å². The molecule has 0 spiro atoms. The van der Waals surface area contributed by atoms with E-state index in [1.807, 2.05) is 24.4 Å². The zero-order chi connectivity index (χ0) is 13.2. The van der Waals surface area contributed by atoms with Crippen LogP contribution in [0.25, 0.3) is 10.9 Å². The topological polar surface area (TPSA) is 28.2 Å². The fraction of sp³-hybridized carbons (Fsp3) is 0.400. The second-order valence-corrected chi connectivity index (χ2v) is 5.67. The Bertz CT molecular complexity index is 585. The summed E-state index contributed by atoms with van der Waals surface area (Å²) in [5.41, 5.74) is 2.29. The number of aromatic nitrogens is 1. The summed E-state index contributed by atoms with van der Waals surface area (Å²) >= 11 is 6.21. The van der Waals surface area contributed by atoms with Crippen LogP contribution in [-0.2, 0) is 6.54 Å². The van der Waals surface area contributed by atoms with Gasteiger partial charge in [-0.25, -0.2) is 0 Å². The van der Waals surface area contributed by atoms with Crippen molar-refractivity contribution in [3.05, 3.63) is 41.0 Å². The van der Waals surface area contributed by atoms with Crippen LogP contribution in [0.4, 0.5) is 0 Å². The number of pyridine rings is 1. The van der Waals surface area contributed by atoms with E-state index >= 15 is 0 Å². The lowest BCUT2D eigenvalue weighted by Gasteiger charge is -2.32. The molecule has 0 unspecified atom stereocenters. The van der Waals surface area contributed by atoms with Crippen molar-refractivity contribution in [2.45, 2.75) is 19.5 Å². The highest BCUT2D eigenvalue weighted by Crippen LogP contribution is 2.23. The third-order valence-electron chi connectivity index (χ3n) is 3.60. The summed E-state index contributed by atoms with van der Waals surface area (Å²) < 4.78 is 0. The SMILES string of the molecule is C[C@H]1CN(Cc2cc(Cl)cc3cccnc23)CCN1. The summed E-state index contributed by atoms with van der Waals surface area (Å²) in [4.78, 5) is 6.97. The van der Waals surface area contributed by atoms with Crippen LogP contribution in [-0.4, -0.2) is 35.6 Å². The summed E-state index contributed by atoms with van der Waals surface area (Å²) in [7, 11) is 0. The molecule has 0 amide bonds. The van der Waals surface area contributed by atoms with E-state index < -0.39 is 0 Å². The molecule has 2 aromatic rings. The number of nitrogens with zero attached hydrogens (tertiary/aromatic N) is 2.